The Labute approximate surface area is 192 Å². The molecule has 3 aromatic carbocycles. The van der Waals surface area contributed by atoms with Crippen LogP contribution in [0.15, 0.2) is 59.1 Å². The lowest BCUT2D eigenvalue weighted by molar-refractivity contribution is 0.282. The lowest BCUT2D eigenvalue weighted by Gasteiger charge is -2.14. The van der Waals surface area contributed by atoms with E-state index >= 15 is 0 Å². The molecule has 3 rings (SSSR count). The third kappa shape index (κ3) is 5.14. The van der Waals surface area contributed by atoms with Crippen molar-refractivity contribution >= 4 is 50.8 Å². The van der Waals surface area contributed by atoms with Crippen LogP contribution in [0.25, 0.3) is 11.6 Å². The number of nitriles is 1. The van der Waals surface area contributed by atoms with Gasteiger partial charge in [-0.3, -0.25) is 0 Å². The molecular weight excluding hydrogens is 492 g/mol. The molecule has 0 unspecified atom stereocenters. The Balaban J connectivity index is 1.92. The van der Waals surface area contributed by atoms with Crippen LogP contribution in [0, 0.1) is 17.1 Å². The largest absolute Gasteiger partial charge is 0.493 e. The third-order valence-corrected chi connectivity index (χ3v) is 5.41. The van der Waals surface area contributed by atoms with Gasteiger partial charge in [0, 0.05) is 21.2 Å². The van der Waals surface area contributed by atoms with E-state index in [1.165, 1.54) is 13.2 Å². The van der Waals surface area contributed by atoms with Gasteiger partial charge in [-0.25, -0.2) is 4.39 Å². The summed E-state index contributed by atoms with van der Waals surface area (Å²) in [5.41, 5.74) is 1.84. The van der Waals surface area contributed by atoms with Crippen molar-refractivity contribution in [3.63, 3.8) is 0 Å². The maximum atomic E-state index is 14.1. The fraction of sp³-hybridized carbons (Fsp3) is 0.0870. The molecule has 3 aromatic rings. The minimum atomic E-state index is -0.462. The molecule has 0 aliphatic heterocycles. The van der Waals surface area contributed by atoms with Crippen LogP contribution in [0.2, 0.25) is 10.0 Å². The van der Waals surface area contributed by atoms with Gasteiger partial charge in [0.1, 0.15) is 12.4 Å². The first kappa shape index (κ1) is 22.2. The van der Waals surface area contributed by atoms with Gasteiger partial charge in [-0.2, -0.15) is 5.26 Å². The molecule has 30 heavy (non-hydrogen) atoms. The number of rotatable bonds is 6. The first-order valence-electron chi connectivity index (χ1n) is 8.74. The maximum Gasteiger partial charge on any atom is 0.175 e. The van der Waals surface area contributed by atoms with Crippen molar-refractivity contribution in [3.8, 4) is 17.6 Å². The average Bonchev–Trinajstić information content (AvgIpc) is 2.72. The molecule has 0 atom stereocenters. The predicted molar refractivity (Wildman–Crippen MR) is 121 cm³/mol. The van der Waals surface area contributed by atoms with E-state index in [1.54, 1.807) is 54.6 Å². The number of nitrogens with zero attached hydrogens (tertiary/aromatic N) is 1. The molecule has 0 saturated carbocycles. The molecule has 0 bridgehead atoms. The summed E-state index contributed by atoms with van der Waals surface area (Å²) in [4.78, 5) is 0. The third-order valence-electron chi connectivity index (χ3n) is 4.23. The van der Waals surface area contributed by atoms with Gasteiger partial charge in [0.25, 0.3) is 0 Å². The summed E-state index contributed by atoms with van der Waals surface area (Å²) in [6, 6.07) is 16.8. The standard InChI is InChI=1S/C23H15BrCl2FNO2/c1-29-22-10-14(8-16(12-28)18-4-2-3-5-21(18)27)9-19(24)23(22)30-13-15-6-7-17(25)11-20(15)26/h2-11H,13H2,1H3/b16-8-. The van der Waals surface area contributed by atoms with Crippen LogP contribution in [0.4, 0.5) is 4.39 Å². The van der Waals surface area contributed by atoms with Crippen molar-refractivity contribution in [1.82, 2.24) is 0 Å². The topological polar surface area (TPSA) is 42.2 Å². The summed E-state index contributed by atoms with van der Waals surface area (Å²) in [7, 11) is 1.51. The van der Waals surface area contributed by atoms with Crippen molar-refractivity contribution in [2.45, 2.75) is 6.61 Å². The Hall–Kier alpha value is -2.52. The van der Waals surface area contributed by atoms with Crippen LogP contribution >= 0.6 is 39.1 Å². The summed E-state index contributed by atoms with van der Waals surface area (Å²) in [6.07, 6.45) is 1.59. The van der Waals surface area contributed by atoms with Crippen molar-refractivity contribution in [2.24, 2.45) is 0 Å². The predicted octanol–water partition coefficient (Wildman–Crippen LogP) is 7.55. The van der Waals surface area contributed by atoms with E-state index in [0.717, 1.165) is 5.56 Å². The maximum absolute atomic E-state index is 14.1. The number of benzene rings is 3. The van der Waals surface area contributed by atoms with E-state index in [1.807, 2.05) is 6.07 Å². The second kappa shape index (κ2) is 9.99. The average molecular weight is 507 g/mol. The minimum Gasteiger partial charge on any atom is -0.493 e. The lowest BCUT2D eigenvalue weighted by atomic mass is 10.0. The van der Waals surface area contributed by atoms with E-state index in [9.17, 15) is 9.65 Å². The van der Waals surface area contributed by atoms with Gasteiger partial charge >= 0.3 is 0 Å². The molecule has 0 aliphatic carbocycles. The smallest absolute Gasteiger partial charge is 0.175 e. The van der Waals surface area contributed by atoms with Gasteiger partial charge in [0.15, 0.2) is 11.5 Å². The fourth-order valence-corrected chi connectivity index (χ4v) is 3.81. The van der Waals surface area contributed by atoms with Crippen LogP contribution < -0.4 is 9.47 Å². The molecule has 0 N–H and O–H groups in total. The summed E-state index contributed by atoms with van der Waals surface area (Å²) in [5, 5.41) is 10.5. The van der Waals surface area contributed by atoms with E-state index in [2.05, 4.69) is 15.9 Å². The number of allylic oxidation sites excluding steroid dienone is 1. The first-order chi connectivity index (χ1) is 14.4. The number of halogens is 4. The van der Waals surface area contributed by atoms with Gasteiger partial charge in [0.05, 0.1) is 23.2 Å². The van der Waals surface area contributed by atoms with Gasteiger partial charge < -0.3 is 9.47 Å². The SMILES string of the molecule is COc1cc(/C=C(/C#N)c2ccccc2F)cc(Br)c1OCc1ccc(Cl)cc1Cl. The zero-order valence-electron chi connectivity index (χ0n) is 15.8. The molecule has 7 heteroatoms. The normalized spacial score (nSPS) is 11.1. The second-order valence-electron chi connectivity index (χ2n) is 6.21. The monoisotopic (exact) mass is 505 g/mol. The highest BCUT2D eigenvalue weighted by molar-refractivity contribution is 9.10. The second-order valence-corrected chi connectivity index (χ2v) is 7.91. The molecule has 0 amide bonds. The van der Waals surface area contributed by atoms with Gasteiger partial charge in [-0.15, -0.1) is 0 Å². The Bertz CT molecular complexity index is 1160. The summed E-state index contributed by atoms with van der Waals surface area (Å²) in [6.45, 7) is 0.207. The summed E-state index contributed by atoms with van der Waals surface area (Å²) < 4.78 is 26.1. The van der Waals surface area contributed by atoms with E-state index < -0.39 is 5.82 Å². The zero-order valence-corrected chi connectivity index (χ0v) is 18.9. The first-order valence-corrected chi connectivity index (χ1v) is 10.3. The molecule has 152 valence electrons. The Morgan fingerprint density at radius 1 is 1.17 bits per heavy atom. The molecule has 0 heterocycles. The Morgan fingerprint density at radius 3 is 2.60 bits per heavy atom. The number of ether oxygens (including phenoxy) is 2. The molecule has 0 saturated heterocycles. The van der Waals surface area contributed by atoms with Gasteiger partial charge in [-0.05, 0) is 57.9 Å². The highest BCUT2D eigenvalue weighted by atomic mass is 79.9. The molecule has 0 aliphatic rings. The minimum absolute atomic E-state index is 0.198. The molecule has 3 nitrogen and oxygen atoms in total. The highest BCUT2D eigenvalue weighted by Crippen LogP contribution is 2.38. The van der Waals surface area contributed by atoms with Crippen LogP contribution in [-0.2, 0) is 6.61 Å². The van der Waals surface area contributed by atoms with Crippen LogP contribution in [0.5, 0.6) is 11.5 Å². The van der Waals surface area contributed by atoms with Crippen LogP contribution in [0.3, 0.4) is 0 Å². The van der Waals surface area contributed by atoms with Crippen molar-refractivity contribution < 1.29 is 13.9 Å². The number of hydrogen-bond acceptors (Lipinski definition) is 3. The molecule has 0 spiro atoms. The van der Waals surface area contributed by atoms with Crippen molar-refractivity contribution in [2.75, 3.05) is 7.11 Å². The number of hydrogen-bond donors (Lipinski definition) is 0. The number of methoxy groups -OCH3 is 1. The lowest BCUT2D eigenvalue weighted by Crippen LogP contribution is -2.00. The fourth-order valence-electron chi connectivity index (χ4n) is 2.77. The molecule has 0 fully saturated rings. The zero-order chi connectivity index (χ0) is 21.7. The quantitative estimate of drug-likeness (QED) is 0.256. The highest BCUT2D eigenvalue weighted by Gasteiger charge is 2.14. The Morgan fingerprint density at radius 2 is 1.93 bits per heavy atom. The van der Waals surface area contributed by atoms with Gasteiger partial charge in [0.2, 0.25) is 0 Å². The molecular formula is C23H15BrCl2FNO2. The van der Waals surface area contributed by atoms with Crippen molar-refractivity contribution in [1.29, 1.82) is 5.26 Å². The summed E-state index contributed by atoms with van der Waals surface area (Å²) in [5.74, 6) is 0.465. The molecule has 0 aromatic heterocycles. The van der Waals surface area contributed by atoms with Crippen molar-refractivity contribution in [3.05, 3.63) is 91.6 Å². The van der Waals surface area contributed by atoms with Crippen LogP contribution in [-0.4, -0.2) is 7.11 Å². The van der Waals surface area contributed by atoms with E-state index in [0.29, 0.717) is 31.6 Å². The Kier molecular flexibility index (Phi) is 7.38. The molecule has 0 radical (unpaired) electrons. The van der Waals surface area contributed by atoms with E-state index in [4.69, 9.17) is 32.7 Å². The van der Waals surface area contributed by atoms with Crippen LogP contribution in [0.1, 0.15) is 16.7 Å². The summed E-state index contributed by atoms with van der Waals surface area (Å²) >= 11 is 15.6. The van der Waals surface area contributed by atoms with E-state index in [-0.39, 0.29) is 17.7 Å². The van der Waals surface area contributed by atoms with Gasteiger partial charge in [-0.1, -0.05) is 47.5 Å².